The van der Waals surface area contributed by atoms with Crippen LogP contribution in [0.5, 0.6) is 5.75 Å². The van der Waals surface area contributed by atoms with E-state index in [4.69, 9.17) is 9.15 Å². The van der Waals surface area contributed by atoms with Gasteiger partial charge in [0.25, 0.3) is 5.91 Å². The summed E-state index contributed by atoms with van der Waals surface area (Å²) in [6.45, 7) is 1.22. The first-order valence-corrected chi connectivity index (χ1v) is 10.4. The van der Waals surface area contributed by atoms with E-state index in [0.717, 1.165) is 41.3 Å². The lowest BCUT2D eigenvalue weighted by Crippen LogP contribution is -2.17. The molecule has 31 heavy (non-hydrogen) atoms. The molecule has 7 nitrogen and oxygen atoms in total. The zero-order valence-corrected chi connectivity index (χ0v) is 16.9. The number of rotatable bonds is 5. The Morgan fingerprint density at radius 1 is 1.00 bits per heavy atom. The van der Waals surface area contributed by atoms with Gasteiger partial charge in [-0.05, 0) is 30.9 Å². The fraction of sp³-hybridized carbons (Fsp3) is 0.208. The second-order valence-corrected chi connectivity index (χ2v) is 7.45. The highest BCUT2D eigenvalue weighted by atomic mass is 16.5. The van der Waals surface area contributed by atoms with E-state index in [1.54, 1.807) is 18.6 Å². The zero-order chi connectivity index (χ0) is 21.0. The Kier molecular flexibility index (Phi) is 5.22. The molecule has 0 bridgehead atoms. The molecule has 0 saturated heterocycles. The highest BCUT2D eigenvalue weighted by Crippen LogP contribution is 2.31. The number of hydrogen-bond donors (Lipinski definition) is 2. The van der Waals surface area contributed by atoms with Crippen molar-refractivity contribution in [1.82, 2.24) is 9.97 Å². The van der Waals surface area contributed by atoms with Gasteiger partial charge >= 0.3 is 0 Å². The summed E-state index contributed by atoms with van der Waals surface area (Å²) < 4.78 is 11.2. The van der Waals surface area contributed by atoms with Gasteiger partial charge in [-0.3, -0.25) is 10.1 Å². The quantitative estimate of drug-likeness (QED) is 0.488. The van der Waals surface area contributed by atoms with E-state index in [-0.39, 0.29) is 11.9 Å². The number of carbonyl (C=O) groups excluding carboxylic acids is 1. The van der Waals surface area contributed by atoms with Crippen LogP contribution in [0.1, 0.15) is 34.5 Å². The second-order valence-electron chi connectivity index (χ2n) is 7.45. The van der Waals surface area contributed by atoms with Crippen LogP contribution in [0.4, 0.5) is 11.8 Å². The van der Waals surface area contributed by atoms with Crippen molar-refractivity contribution in [2.75, 3.05) is 17.2 Å². The van der Waals surface area contributed by atoms with E-state index in [1.165, 1.54) is 0 Å². The molecule has 2 aromatic carbocycles. The molecule has 0 spiro atoms. The maximum atomic E-state index is 13.0. The third-order valence-electron chi connectivity index (χ3n) is 5.28. The monoisotopic (exact) mass is 414 g/mol. The van der Waals surface area contributed by atoms with Crippen molar-refractivity contribution in [2.45, 2.75) is 25.8 Å². The lowest BCUT2D eigenvalue weighted by atomic mass is 10.1. The number of nitrogens with one attached hydrogen (secondary N) is 2. The number of amides is 1. The summed E-state index contributed by atoms with van der Waals surface area (Å²) in [4.78, 5) is 22.1. The van der Waals surface area contributed by atoms with Gasteiger partial charge in [-0.2, -0.15) is 4.98 Å². The summed E-state index contributed by atoms with van der Waals surface area (Å²) >= 11 is 0. The molecule has 4 aromatic rings. The van der Waals surface area contributed by atoms with Crippen LogP contribution < -0.4 is 15.4 Å². The van der Waals surface area contributed by atoms with Crippen molar-refractivity contribution in [3.05, 3.63) is 77.9 Å². The first-order valence-electron chi connectivity index (χ1n) is 10.4. The van der Waals surface area contributed by atoms with Crippen LogP contribution in [0, 0.1) is 0 Å². The normalized spacial score (nSPS) is 13.2. The molecule has 0 unspecified atom stereocenters. The van der Waals surface area contributed by atoms with Gasteiger partial charge in [0.1, 0.15) is 0 Å². The summed E-state index contributed by atoms with van der Waals surface area (Å²) in [7, 11) is 0. The van der Waals surface area contributed by atoms with Gasteiger partial charge in [-0.1, -0.05) is 42.5 Å². The van der Waals surface area contributed by atoms with Crippen LogP contribution in [0.3, 0.4) is 0 Å². The van der Waals surface area contributed by atoms with Crippen LogP contribution in [-0.2, 0) is 13.0 Å². The molecule has 0 radical (unpaired) electrons. The van der Waals surface area contributed by atoms with Crippen LogP contribution in [0.15, 0.2) is 65.5 Å². The number of benzene rings is 2. The predicted octanol–water partition coefficient (Wildman–Crippen LogP) is 4.80. The standard InChI is InChI=1S/C24H22N4O3/c29-23(18-10-6-9-17-14-30-15-19(17)18)28-24-26-20-11-4-5-12-31-21(20)22(27-24)25-13-16-7-2-1-3-8-16/h1-3,6-10,14-15H,4-5,11-13H2,(H2,25,26,27,28,29). The Balaban J connectivity index is 1.44. The summed E-state index contributed by atoms with van der Waals surface area (Å²) in [6, 6.07) is 15.5. The molecule has 0 aliphatic carbocycles. The first kappa shape index (κ1) is 19.1. The smallest absolute Gasteiger partial charge is 0.258 e. The number of anilines is 2. The number of nitrogens with zero attached hydrogens (tertiary/aromatic N) is 2. The predicted molar refractivity (Wildman–Crippen MR) is 118 cm³/mol. The van der Waals surface area contributed by atoms with Gasteiger partial charge in [0.15, 0.2) is 11.6 Å². The molecule has 0 fully saturated rings. The van der Waals surface area contributed by atoms with Gasteiger partial charge in [-0.25, -0.2) is 4.98 Å². The molecule has 1 amide bonds. The minimum Gasteiger partial charge on any atom is -0.488 e. The van der Waals surface area contributed by atoms with Crippen LogP contribution in [-0.4, -0.2) is 22.5 Å². The average molecular weight is 414 g/mol. The molecule has 0 atom stereocenters. The van der Waals surface area contributed by atoms with Gasteiger partial charge < -0.3 is 14.5 Å². The lowest BCUT2D eigenvalue weighted by molar-refractivity contribution is 0.102. The summed E-state index contributed by atoms with van der Waals surface area (Å²) in [5, 5.41) is 7.82. The number of ether oxygens (including phenoxy) is 1. The second kappa shape index (κ2) is 8.47. The van der Waals surface area contributed by atoms with E-state index in [2.05, 4.69) is 20.6 Å². The topological polar surface area (TPSA) is 89.3 Å². The van der Waals surface area contributed by atoms with Crippen molar-refractivity contribution in [3.63, 3.8) is 0 Å². The molecular formula is C24H22N4O3. The maximum absolute atomic E-state index is 13.0. The third-order valence-corrected chi connectivity index (χ3v) is 5.28. The number of aromatic nitrogens is 2. The summed E-state index contributed by atoms with van der Waals surface area (Å²) in [5.74, 6) is 1.23. The summed E-state index contributed by atoms with van der Waals surface area (Å²) in [6.07, 6.45) is 5.90. The molecule has 1 aliphatic rings. The molecular weight excluding hydrogens is 392 g/mol. The molecule has 2 N–H and O–H groups in total. The van der Waals surface area contributed by atoms with Gasteiger partial charge in [0.2, 0.25) is 5.95 Å². The molecule has 7 heteroatoms. The van der Waals surface area contributed by atoms with Crippen LogP contribution >= 0.6 is 0 Å². The minimum atomic E-state index is -0.282. The van der Waals surface area contributed by atoms with Gasteiger partial charge in [-0.15, -0.1) is 0 Å². The Labute approximate surface area is 179 Å². The van der Waals surface area contributed by atoms with Gasteiger partial charge in [0.05, 0.1) is 30.4 Å². The van der Waals surface area contributed by atoms with Crippen molar-refractivity contribution in [2.24, 2.45) is 0 Å². The Morgan fingerprint density at radius 2 is 1.90 bits per heavy atom. The largest absolute Gasteiger partial charge is 0.488 e. The Morgan fingerprint density at radius 3 is 2.81 bits per heavy atom. The van der Waals surface area contributed by atoms with Crippen molar-refractivity contribution < 1.29 is 13.9 Å². The molecule has 3 heterocycles. The van der Waals surface area contributed by atoms with E-state index in [1.807, 2.05) is 42.5 Å². The van der Waals surface area contributed by atoms with E-state index in [9.17, 15) is 4.79 Å². The fourth-order valence-corrected chi connectivity index (χ4v) is 3.70. The van der Waals surface area contributed by atoms with E-state index >= 15 is 0 Å². The van der Waals surface area contributed by atoms with Crippen molar-refractivity contribution >= 4 is 28.4 Å². The van der Waals surface area contributed by atoms with Gasteiger partial charge in [0, 0.05) is 17.3 Å². The number of fused-ring (bicyclic) bond motifs is 2. The van der Waals surface area contributed by atoms with E-state index < -0.39 is 0 Å². The number of hydrogen-bond acceptors (Lipinski definition) is 6. The lowest BCUT2D eigenvalue weighted by Gasteiger charge is -2.15. The molecule has 1 aliphatic heterocycles. The number of aryl methyl sites for hydroxylation is 1. The number of carbonyl (C=O) groups is 1. The SMILES string of the molecule is O=C(Nc1nc2c(c(NCc3ccccc3)n1)OCCCC2)c1cccc2cocc12. The highest BCUT2D eigenvalue weighted by molar-refractivity contribution is 6.12. The summed E-state index contributed by atoms with van der Waals surface area (Å²) in [5.41, 5.74) is 2.44. The molecule has 0 saturated carbocycles. The molecule has 2 aromatic heterocycles. The third kappa shape index (κ3) is 4.07. The molecule has 5 rings (SSSR count). The maximum Gasteiger partial charge on any atom is 0.258 e. The van der Waals surface area contributed by atoms with Crippen molar-refractivity contribution in [1.29, 1.82) is 0 Å². The highest BCUT2D eigenvalue weighted by Gasteiger charge is 2.20. The zero-order valence-electron chi connectivity index (χ0n) is 16.9. The van der Waals surface area contributed by atoms with Crippen molar-refractivity contribution in [3.8, 4) is 5.75 Å². The average Bonchev–Trinajstić information content (AvgIpc) is 3.16. The number of furan rings is 1. The Hall–Kier alpha value is -3.87. The van der Waals surface area contributed by atoms with Crippen LogP contribution in [0.25, 0.3) is 10.8 Å². The minimum absolute atomic E-state index is 0.255. The first-order chi connectivity index (χ1) is 15.3. The fourth-order valence-electron chi connectivity index (χ4n) is 3.70. The van der Waals surface area contributed by atoms with Crippen LogP contribution in [0.2, 0.25) is 0 Å². The Bertz CT molecular complexity index is 1220. The molecule has 156 valence electrons. The van der Waals surface area contributed by atoms with E-state index in [0.29, 0.717) is 30.3 Å².